The summed E-state index contributed by atoms with van der Waals surface area (Å²) < 4.78 is 16.2. The third-order valence-electron chi connectivity index (χ3n) is 3.26. The van der Waals surface area contributed by atoms with Gasteiger partial charge >= 0.3 is 0 Å². The van der Waals surface area contributed by atoms with Gasteiger partial charge in [0, 0.05) is 22.6 Å². The van der Waals surface area contributed by atoms with Gasteiger partial charge in [0.25, 0.3) is 5.91 Å². The van der Waals surface area contributed by atoms with Crippen LogP contribution in [0.5, 0.6) is 0 Å². The van der Waals surface area contributed by atoms with E-state index in [9.17, 15) is 9.18 Å². The van der Waals surface area contributed by atoms with Crippen molar-refractivity contribution in [3.05, 3.63) is 82.3 Å². The summed E-state index contributed by atoms with van der Waals surface area (Å²) in [6.07, 6.45) is 3.57. The highest BCUT2D eigenvalue weighted by Gasteiger charge is 2.12. The van der Waals surface area contributed by atoms with E-state index in [4.69, 9.17) is 0 Å². The van der Waals surface area contributed by atoms with Crippen molar-refractivity contribution in [2.45, 2.75) is 6.54 Å². The highest BCUT2D eigenvalue weighted by atomic mass is 79.9. The third-order valence-corrected chi connectivity index (χ3v) is 3.76. The van der Waals surface area contributed by atoms with Gasteiger partial charge in [0.2, 0.25) is 0 Å². The van der Waals surface area contributed by atoms with E-state index in [0.717, 1.165) is 5.56 Å². The molecule has 2 aromatic carbocycles. The molecule has 0 atom stereocenters. The van der Waals surface area contributed by atoms with Crippen molar-refractivity contribution >= 4 is 27.5 Å². The van der Waals surface area contributed by atoms with Crippen LogP contribution in [-0.2, 0) is 6.54 Å². The number of rotatable bonds is 4. The number of nitrogens with zero attached hydrogens (tertiary/aromatic N) is 2. The number of halogens is 2. The molecule has 1 aromatic heterocycles. The first-order valence-electron chi connectivity index (χ1n) is 6.94. The molecule has 0 aliphatic carbocycles. The third kappa shape index (κ3) is 3.84. The largest absolute Gasteiger partial charge is 0.322 e. The van der Waals surface area contributed by atoms with Crippen molar-refractivity contribution in [1.29, 1.82) is 0 Å². The maximum Gasteiger partial charge on any atom is 0.258 e. The van der Waals surface area contributed by atoms with E-state index in [1.165, 1.54) is 12.1 Å². The minimum atomic E-state index is -0.565. The van der Waals surface area contributed by atoms with Gasteiger partial charge in [-0.2, -0.15) is 5.10 Å². The molecule has 0 bridgehead atoms. The molecule has 1 amide bonds. The maximum atomic E-state index is 13.8. The van der Waals surface area contributed by atoms with Crippen LogP contribution in [-0.4, -0.2) is 15.7 Å². The monoisotopic (exact) mass is 373 g/mol. The van der Waals surface area contributed by atoms with Crippen molar-refractivity contribution in [3.8, 4) is 0 Å². The lowest BCUT2D eigenvalue weighted by atomic mass is 10.1. The molecule has 1 N–H and O–H groups in total. The smallest absolute Gasteiger partial charge is 0.258 e. The summed E-state index contributed by atoms with van der Waals surface area (Å²) in [6.45, 7) is 0.601. The SMILES string of the molecule is O=C(Nc1cccc(Cn2cccn2)c1)c1ccc(Br)cc1F. The van der Waals surface area contributed by atoms with Crippen molar-refractivity contribution in [1.82, 2.24) is 9.78 Å². The zero-order chi connectivity index (χ0) is 16.2. The quantitative estimate of drug-likeness (QED) is 0.748. The lowest BCUT2D eigenvalue weighted by Gasteiger charge is -2.08. The predicted molar refractivity (Wildman–Crippen MR) is 89.8 cm³/mol. The second kappa shape index (κ2) is 6.75. The number of benzene rings is 2. The lowest BCUT2D eigenvalue weighted by molar-refractivity contribution is 0.102. The number of carbonyl (C=O) groups is 1. The molecule has 3 aromatic rings. The molecule has 0 unspecified atom stereocenters. The number of hydrogen-bond donors (Lipinski definition) is 1. The molecule has 6 heteroatoms. The number of aromatic nitrogens is 2. The average Bonchev–Trinajstić information content (AvgIpc) is 3.00. The summed E-state index contributed by atoms with van der Waals surface area (Å²) in [5, 5.41) is 6.86. The first-order chi connectivity index (χ1) is 11.1. The first-order valence-corrected chi connectivity index (χ1v) is 7.74. The van der Waals surface area contributed by atoms with Crippen LogP contribution in [0.1, 0.15) is 15.9 Å². The lowest BCUT2D eigenvalue weighted by Crippen LogP contribution is -2.14. The Kier molecular flexibility index (Phi) is 4.52. The van der Waals surface area contributed by atoms with Gasteiger partial charge in [0.15, 0.2) is 0 Å². The predicted octanol–water partition coefficient (Wildman–Crippen LogP) is 4.09. The van der Waals surface area contributed by atoms with Crippen LogP contribution in [0.4, 0.5) is 10.1 Å². The Hall–Kier alpha value is -2.47. The van der Waals surface area contributed by atoms with Crippen LogP contribution in [0.2, 0.25) is 0 Å². The van der Waals surface area contributed by atoms with E-state index < -0.39 is 11.7 Å². The fourth-order valence-electron chi connectivity index (χ4n) is 2.20. The van der Waals surface area contributed by atoms with Gasteiger partial charge < -0.3 is 5.32 Å². The van der Waals surface area contributed by atoms with Gasteiger partial charge in [0.1, 0.15) is 5.82 Å². The van der Waals surface area contributed by atoms with Crippen molar-refractivity contribution in [2.24, 2.45) is 0 Å². The molecule has 116 valence electrons. The molecule has 4 nitrogen and oxygen atoms in total. The standard InChI is InChI=1S/C17H13BrFN3O/c18-13-5-6-15(16(19)10-13)17(23)21-14-4-1-3-12(9-14)11-22-8-2-7-20-22/h1-10H,11H2,(H,21,23). The summed E-state index contributed by atoms with van der Waals surface area (Å²) in [5.41, 5.74) is 1.61. The summed E-state index contributed by atoms with van der Waals surface area (Å²) >= 11 is 3.17. The molecule has 0 radical (unpaired) electrons. The van der Waals surface area contributed by atoms with Gasteiger partial charge in [-0.05, 0) is 42.0 Å². The van der Waals surface area contributed by atoms with Gasteiger partial charge in [-0.3, -0.25) is 9.48 Å². The molecule has 3 rings (SSSR count). The van der Waals surface area contributed by atoms with Crippen molar-refractivity contribution < 1.29 is 9.18 Å². The molecular formula is C17H13BrFN3O. The molecule has 0 aliphatic rings. The summed E-state index contributed by atoms with van der Waals surface area (Å²) in [5.74, 6) is -1.05. The van der Waals surface area contributed by atoms with Gasteiger partial charge in [-0.1, -0.05) is 28.1 Å². The highest BCUT2D eigenvalue weighted by molar-refractivity contribution is 9.10. The number of amides is 1. The molecular weight excluding hydrogens is 361 g/mol. The zero-order valence-electron chi connectivity index (χ0n) is 12.0. The molecule has 0 aliphatic heterocycles. The molecule has 0 spiro atoms. The minimum absolute atomic E-state index is 0.00526. The normalized spacial score (nSPS) is 10.5. The van der Waals surface area contributed by atoms with E-state index >= 15 is 0 Å². The topological polar surface area (TPSA) is 46.9 Å². The van der Waals surface area contributed by atoms with E-state index in [1.54, 1.807) is 23.0 Å². The number of nitrogens with one attached hydrogen (secondary N) is 1. The number of hydrogen-bond acceptors (Lipinski definition) is 2. The molecule has 23 heavy (non-hydrogen) atoms. The fraction of sp³-hybridized carbons (Fsp3) is 0.0588. The summed E-state index contributed by atoms with van der Waals surface area (Å²) in [7, 11) is 0. The van der Waals surface area contributed by atoms with Crippen molar-refractivity contribution in [3.63, 3.8) is 0 Å². The Morgan fingerprint density at radius 2 is 2.09 bits per heavy atom. The van der Waals surface area contributed by atoms with Gasteiger partial charge in [-0.25, -0.2) is 4.39 Å². The Bertz CT molecular complexity index is 834. The second-order valence-electron chi connectivity index (χ2n) is 4.98. The molecule has 1 heterocycles. The summed E-state index contributed by atoms with van der Waals surface area (Å²) in [6, 6.07) is 13.6. The number of anilines is 1. The molecule has 0 saturated heterocycles. The average molecular weight is 374 g/mol. The highest BCUT2D eigenvalue weighted by Crippen LogP contribution is 2.18. The Morgan fingerprint density at radius 1 is 1.22 bits per heavy atom. The second-order valence-corrected chi connectivity index (χ2v) is 5.90. The Morgan fingerprint density at radius 3 is 2.83 bits per heavy atom. The number of carbonyl (C=O) groups excluding carboxylic acids is 1. The van der Waals surface area contributed by atoms with E-state index in [-0.39, 0.29) is 5.56 Å². The maximum absolute atomic E-state index is 13.8. The fourth-order valence-corrected chi connectivity index (χ4v) is 2.53. The first kappa shape index (κ1) is 15.4. The molecule has 0 saturated carbocycles. The zero-order valence-corrected chi connectivity index (χ0v) is 13.6. The molecule has 0 fully saturated rings. The Balaban J connectivity index is 1.76. The Labute approximate surface area is 141 Å². The van der Waals surface area contributed by atoms with E-state index in [1.807, 2.05) is 30.5 Å². The minimum Gasteiger partial charge on any atom is -0.322 e. The van der Waals surface area contributed by atoms with Crippen molar-refractivity contribution in [2.75, 3.05) is 5.32 Å². The van der Waals surface area contributed by atoms with Crippen LogP contribution in [0.15, 0.2) is 65.4 Å². The van der Waals surface area contributed by atoms with Crippen LogP contribution < -0.4 is 5.32 Å². The van der Waals surface area contributed by atoms with Crippen LogP contribution in [0.3, 0.4) is 0 Å². The van der Waals surface area contributed by atoms with Crippen LogP contribution >= 0.6 is 15.9 Å². The van der Waals surface area contributed by atoms with Crippen LogP contribution in [0, 0.1) is 5.82 Å². The van der Waals surface area contributed by atoms with Crippen LogP contribution in [0.25, 0.3) is 0 Å². The van der Waals surface area contributed by atoms with Gasteiger partial charge in [0.05, 0.1) is 12.1 Å². The van der Waals surface area contributed by atoms with Gasteiger partial charge in [-0.15, -0.1) is 0 Å². The summed E-state index contributed by atoms with van der Waals surface area (Å²) in [4.78, 5) is 12.2. The van der Waals surface area contributed by atoms with E-state index in [0.29, 0.717) is 16.7 Å². The van der Waals surface area contributed by atoms with E-state index in [2.05, 4.69) is 26.3 Å².